The Morgan fingerprint density at radius 2 is 1.91 bits per heavy atom. The number of hydrogen-bond acceptors (Lipinski definition) is 5. The van der Waals surface area contributed by atoms with E-state index in [1.165, 1.54) is 23.5 Å². The summed E-state index contributed by atoms with van der Waals surface area (Å²) in [6, 6.07) is 8.80. The van der Waals surface area contributed by atoms with Crippen LogP contribution in [0.2, 0.25) is 0 Å². The Balaban J connectivity index is 1.43. The minimum absolute atomic E-state index is 0.201. The summed E-state index contributed by atoms with van der Waals surface area (Å²) in [6.07, 6.45) is 2.99. The van der Waals surface area contributed by atoms with E-state index in [-0.39, 0.29) is 36.6 Å². The van der Waals surface area contributed by atoms with Gasteiger partial charge in [0.1, 0.15) is 17.5 Å². The number of ether oxygens (including phenoxy) is 1. The van der Waals surface area contributed by atoms with E-state index >= 15 is 0 Å². The second-order valence-corrected chi connectivity index (χ2v) is 11.4. The number of rotatable bonds is 6. The average molecular weight is 498 g/mol. The summed E-state index contributed by atoms with van der Waals surface area (Å²) < 4.78 is 19.5. The van der Waals surface area contributed by atoms with Crippen molar-refractivity contribution in [2.45, 2.75) is 57.1 Å². The Labute approximate surface area is 207 Å². The van der Waals surface area contributed by atoms with Gasteiger partial charge < -0.3 is 20.3 Å². The minimum atomic E-state index is -1.20. The molecule has 184 valence electrons. The molecule has 3 aliphatic rings. The highest BCUT2D eigenvalue weighted by Gasteiger charge is 2.72. The van der Waals surface area contributed by atoms with Gasteiger partial charge in [-0.2, -0.15) is 0 Å². The van der Waals surface area contributed by atoms with Gasteiger partial charge in [0, 0.05) is 17.0 Å². The van der Waals surface area contributed by atoms with Crippen molar-refractivity contribution >= 4 is 29.1 Å². The van der Waals surface area contributed by atoms with Crippen LogP contribution in [0.15, 0.2) is 53.9 Å². The lowest BCUT2D eigenvalue weighted by Crippen LogP contribution is -2.57. The molecule has 7 nitrogen and oxygen atoms in total. The van der Waals surface area contributed by atoms with Gasteiger partial charge in [-0.15, -0.1) is 11.3 Å². The lowest BCUT2D eigenvalue weighted by Gasteiger charge is -2.34. The van der Waals surface area contributed by atoms with Crippen molar-refractivity contribution in [3.63, 3.8) is 0 Å². The minimum Gasteiger partial charge on any atom is -0.359 e. The largest absolute Gasteiger partial charge is 0.359 e. The zero-order valence-electron chi connectivity index (χ0n) is 19.8. The summed E-state index contributed by atoms with van der Waals surface area (Å²) in [7, 11) is 0. The first kappa shape index (κ1) is 23.7. The highest BCUT2D eigenvalue weighted by molar-refractivity contribution is 7.09. The summed E-state index contributed by atoms with van der Waals surface area (Å²) in [5, 5.41) is 7.80. The van der Waals surface area contributed by atoms with Gasteiger partial charge in [-0.05, 0) is 49.9 Å². The van der Waals surface area contributed by atoms with Crippen molar-refractivity contribution in [3.8, 4) is 0 Å². The lowest BCUT2D eigenvalue weighted by atomic mass is 9.74. The van der Waals surface area contributed by atoms with Crippen LogP contribution in [-0.4, -0.2) is 45.9 Å². The third-order valence-electron chi connectivity index (χ3n) is 6.71. The van der Waals surface area contributed by atoms with E-state index < -0.39 is 35.1 Å². The summed E-state index contributed by atoms with van der Waals surface area (Å²) in [5.74, 6) is -2.80. The molecule has 1 aromatic carbocycles. The molecule has 0 aliphatic carbocycles. The van der Waals surface area contributed by atoms with E-state index in [1.807, 2.05) is 38.3 Å². The second-order valence-electron chi connectivity index (χ2n) is 10.3. The number of likely N-dealkylation sites (tertiary alicyclic amines) is 1. The highest BCUT2D eigenvalue weighted by Crippen LogP contribution is 2.55. The molecule has 1 aromatic heterocycles. The van der Waals surface area contributed by atoms with E-state index in [4.69, 9.17) is 4.74 Å². The molecule has 0 radical (unpaired) electrons. The highest BCUT2D eigenvalue weighted by atomic mass is 32.1. The average Bonchev–Trinajstić information content (AvgIpc) is 3.55. The van der Waals surface area contributed by atoms with E-state index in [2.05, 4.69) is 10.6 Å². The topological polar surface area (TPSA) is 87.7 Å². The monoisotopic (exact) mass is 497 g/mol. The third kappa shape index (κ3) is 4.16. The van der Waals surface area contributed by atoms with Gasteiger partial charge in [0.15, 0.2) is 0 Å². The number of benzene rings is 1. The van der Waals surface area contributed by atoms with Crippen LogP contribution in [0.1, 0.15) is 31.2 Å². The van der Waals surface area contributed by atoms with E-state index in [0.29, 0.717) is 0 Å². The molecule has 5 atom stereocenters. The van der Waals surface area contributed by atoms with Crippen molar-refractivity contribution in [2.24, 2.45) is 11.8 Å². The quantitative estimate of drug-likeness (QED) is 0.601. The van der Waals surface area contributed by atoms with Crippen molar-refractivity contribution in [2.75, 3.05) is 0 Å². The van der Waals surface area contributed by atoms with Gasteiger partial charge in [-0.25, -0.2) is 4.39 Å². The van der Waals surface area contributed by atoms with Crippen LogP contribution in [0, 0.1) is 17.7 Å². The molecule has 2 fully saturated rings. The van der Waals surface area contributed by atoms with Crippen LogP contribution in [0.3, 0.4) is 0 Å². The standard InChI is InChI=1S/C26H28FN3O4S/c1-25(2,3)29-23(32)21-26-11-10-18(34-26)19(22(31)28-13-15-6-8-16(27)9-7-15)20(26)24(33)30(21)14-17-5-4-12-35-17/h4-12,18-21H,13-14H2,1-3H3,(H,28,31)(H,29,32)/t18-,19+,20-,21+,26+/m1/s1. The molecule has 4 heterocycles. The molecule has 3 aliphatic heterocycles. The molecule has 0 saturated carbocycles. The van der Waals surface area contributed by atoms with E-state index in [9.17, 15) is 18.8 Å². The van der Waals surface area contributed by atoms with Crippen molar-refractivity contribution in [3.05, 3.63) is 70.2 Å². The first-order valence-corrected chi connectivity index (χ1v) is 12.5. The van der Waals surface area contributed by atoms with Crippen LogP contribution in [-0.2, 0) is 32.2 Å². The fourth-order valence-electron chi connectivity index (χ4n) is 5.36. The Kier molecular flexibility index (Phi) is 5.80. The van der Waals surface area contributed by atoms with Crippen LogP contribution in [0.4, 0.5) is 4.39 Å². The maximum atomic E-state index is 13.8. The Hall–Kier alpha value is -3.04. The van der Waals surface area contributed by atoms with Gasteiger partial charge in [0.05, 0.1) is 24.5 Å². The first-order valence-electron chi connectivity index (χ1n) is 11.6. The Bertz CT molecular complexity index is 1170. The summed E-state index contributed by atoms with van der Waals surface area (Å²) in [4.78, 5) is 43.2. The van der Waals surface area contributed by atoms with Crippen molar-refractivity contribution in [1.29, 1.82) is 0 Å². The van der Waals surface area contributed by atoms with Crippen molar-refractivity contribution < 1.29 is 23.5 Å². The number of fused-ring (bicyclic) bond motifs is 1. The number of carbonyl (C=O) groups excluding carboxylic acids is 3. The van der Waals surface area contributed by atoms with Crippen LogP contribution < -0.4 is 10.6 Å². The van der Waals surface area contributed by atoms with Crippen LogP contribution >= 0.6 is 11.3 Å². The number of halogens is 1. The van der Waals surface area contributed by atoms with Crippen LogP contribution in [0.5, 0.6) is 0 Å². The normalized spacial score (nSPS) is 28.9. The molecular formula is C26H28FN3O4S. The maximum Gasteiger partial charge on any atom is 0.246 e. The molecule has 35 heavy (non-hydrogen) atoms. The summed E-state index contributed by atoms with van der Waals surface area (Å²) >= 11 is 1.51. The molecule has 2 aromatic rings. The van der Waals surface area contributed by atoms with E-state index in [1.54, 1.807) is 29.2 Å². The summed E-state index contributed by atoms with van der Waals surface area (Å²) in [6.45, 7) is 6.12. The molecule has 2 saturated heterocycles. The van der Waals surface area contributed by atoms with Crippen LogP contribution in [0.25, 0.3) is 0 Å². The molecule has 0 unspecified atom stereocenters. The van der Waals surface area contributed by atoms with Crippen molar-refractivity contribution in [1.82, 2.24) is 15.5 Å². The lowest BCUT2D eigenvalue weighted by molar-refractivity contribution is -0.142. The Morgan fingerprint density at radius 3 is 2.57 bits per heavy atom. The fraction of sp³-hybridized carbons (Fsp3) is 0.423. The van der Waals surface area contributed by atoms with Gasteiger partial charge in [0.25, 0.3) is 0 Å². The predicted molar refractivity (Wildman–Crippen MR) is 129 cm³/mol. The van der Waals surface area contributed by atoms with Gasteiger partial charge >= 0.3 is 0 Å². The molecule has 2 bridgehead atoms. The zero-order chi connectivity index (χ0) is 25.0. The number of amides is 3. The van der Waals surface area contributed by atoms with E-state index in [0.717, 1.165) is 10.4 Å². The third-order valence-corrected chi connectivity index (χ3v) is 7.57. The summed E-state index contributed by atoms with van der Waals surface area (Å²) in [5.41, 5.74) is -0.962. The molecule has 5 rings (SSSR count). The zero-order valence-corrected chi connectivity index (χ0v) is 20.6. The molecule has 1 spiro atoms. The smallest absolute Gasteiger partial charge is 0.246 e. The number of nitrogens with zero attached hydrogens (tertiary/aromatic N) is 1. The molecule has 9 heteroatoms. The van der Waals surface area contributed by atoms with Gasteiger partial charge in [-0.3, -0.25) is 14.4 Å². The SMILES string of the molecule is CC(C)(C)NC(=O)[C@@H]1N(Cc2cccs2)C(=O)[C@H]2[C@@H](C(=O)NCc3ccc(F)cc3)[C@H]3C=C[C@@]12O3. The predicted octanol–water partition coefficient (Wildman–Crippen LogP) is 2.77. The van der Waals surface area contributed by atoms with Gasteiger partial charge in [0.2, 0.25) is 17.7 Å². The molecular weight excluding hydrogens is 469 g/mol. The Morgan fingerprint density at radius 1 is 1.17 bits per heavy atom. The second kappa shape index (κ2) is 8.57. The molecule has 3 amide bonds. The number of thiophene rings is 1. The maximum absolute atomic E-state index is 13.8. The molecule has 2 N–H and O–H groups in total. The number of hydrogen-bond donors (Lipinski definition) is 2. The first-order chi connectivity index (χ1) is 16.6. The number of carbonyl (C=O) groups is 3. The van der Waals surface area contributed by atoms with Gasteiger partial charge in [-0.1, -0.05) is 30.4 Å². The fourth-order valence-corrected chi connectivity index (χ4v) is 6.06. The number of nitrogens with one attached hydrogen (secondary N) is 2.